The molecule has 0 aromatic carbocycles. The number of hydrogen-bond donors (Lipinski definition) is 0. The molecule has 21 heavy (non-hydrogen) atoms. The lowest BCUT2D eigenvalue weighted by Gasteiger charge is -2.58. The normalized spacial score (nSPS) is 24.1. The van der Waals surface area contributed by atoms with Crippen LogP contribution in [0.2, 0.25) is 0 Å². The van der Waals surface area contributed by atoms with E-state index in [0.717, 1.165) is 25.3 Å². The molecule has 2 aliphatic carbocycles. The van der Waals surface area contributed by atoms with Gasteiger partial charge in [0, 0.05) is 30.8 Å². The molecule has 5 nitrogen and oxygen atoms in total. The Bertz CT molecular complexity index is 524. The van der Waals surface area contributed by atoms with Crippen molar-refractivity contribution in [2.24, 2.45) is 0 Å². The number of rotatable bonds is 4. The van der Waals surface area contributed by atoms with Gasteiger partial charge in [-0.15, -0.1) is 10.2 Å². The lowest BCUT2D eigenvalue weighted by atomic mass is 9.67. The Hall–Kier alpha value is -1.39. The van der Waals surface area contributed by atoms with E-state index in [1.807, 2.05) is 0 Å². The predicted molar refractivity (Wildman–Crippen MR) is 76.7 cm³/mol. The maximum Gasteiger partial charge on any atom is 0.223 e. The maximum absolute atomic E-state index is 12.3. The average molecular weight is 289 g/mol. The molecule has 0 bridgehead atoms. The highest BCUT2D eigenvalue weighted by atomic mass is 16.4. The smallest absolute Gasteiger partial charge is 0.223 e. The molecule has 1 spiro atoms. The summed E-state index contributed by atoms with van der Waals surface area (Å²) in [6.45, 7) is 0.940. The van der Waals surface area contributed by atoms with Gasteiger partial charge in [0.15, 0.2) is 0 Å². The SMILES string of the molecule is O=C(CCc1nnc(C2CCCC2)o1)N1CCC12CCC2. The van der Waals surface area contributed by atoms with Gasteiger partial charge < -0.3 is 9.32 Å². The number of aromatic nitrogens is 2. The Morgan fingerprint density at radius 1 is 1.19 bits per heavy atom. The molecular formula is C16H23N3O2. The number of nitrogens with zero attached hydrogens (tertiary/aromatic N) is 3. The summed E-state index contributed by atoms with van der Waals surface area (Å²) in [5, 5.41) is 8.29. The topological polar surface area (TPSA) is 59.2 Å². The highest BCUT2D eigenvalue weighted by molar-refractivity contribution is 5.78. The highest BCUT2D eigenvalue weighted by Gasteiger charge is 2.50. The van der Waals surface area contributed by atoms with Crippen LogP contribution in [0.3, 0.4) is 0 Å². The van der Waals surface area contributed by atoms with Gasteiger partial charge in [0.1, 0.15) is 0 Å². The number of likely N-dealkylation sites (tertiary alicyclic amines) is 1. The van der Waals surface area contributed by atoms with E-state index < -0.39 is 0 Å². The van der Waals surface area contributed by atoms with Gasteiger partial charge in [-0.2, -0.15) is 0 Å². The molecule has 1 aromatic heterocycles. The summed E-state index contributed by atoms with van der Waals surface area (Å²) in [5.74, 6) is 2.14. The average Bonchev–Trinajstić information content (AvgIpc) is 3.04. The van der Waals surface area contributed by atoms with Crippen molar-refractivity contribution in [3.63, 3.8) is 0 Å². The fraction of sp³-hybridized carbons (Fsp3) is 0.812. The zero-order valence-corrected chi connectivity index (χ0v) is 12.5. The minimum absolute atomic E-state index is 0.251. The summed E-state index contributed by atoms with van der Waals surface area (Å²) in [7, 11) is 0. The third kappa shape index (κ3) is 2.27. The van der Waals surface area contributed by atoms with Gasteiger partial charge in [-0.05, 0) is 38.5 Å². The largest absolute Gasteiger partial charge is 0.425 e. The summed E-state index contributed by atoms with van der Waals surface area (Å²) < 4.78 is 5.75. The van der Waals surface area contributed by atoms with Crippen LogP contribution >= 0.6 is 0 Å². The van der Waals surface area contributed by atoms with E-state index in [1.165, 1.54) is 38.5 Å². The lowest BCUT2D eigenvalue weighted by molar-refractivity contribution is -0.155. The molecule has 1 saturated heterocycles. The van der Waals surface area contributed by atoms with Gasteiger partial charge in [0.05, 0.1) is 0 Å². The number of carbonyl (C=O) groups is 1. The van der Waals surface area contributed by atoms with Crippen LogP contribution in [0.25, 0.3) is 0 Å². The second-order valence-corrected chi connectivity index (χ2v) is 6.89. The van der Waals surface area contributed by atoms with Gasteiger partial charge in [-0.3, -0.25) is 4.79 Å². The first-order valence-corrected chi connectivity index (χ1v) is 8.40. The van der Waals surface area contributed by atoms with Crippen molar-refractivity contribution in [1.82, 2.24) is 15.1 Å². The molecule has 1 aliphatic heterocycles. The van der Waals surface area contributed by atoms with Crippen molar-refractivity contribution in [2.45, 2.75) is 75.7 Å². The van der Waals surface area contributed by atoms with Crippen LogP contribution in [-0.2, 0) is 11.2 Å². The minimum Gasteiger partial charge on any atom is -0.425 e. The van der Waals surface area contributed by atoms with Gasteiger partial charge in [-0.1, -0.05) is 12.8 Å². The van der Waals surface area contributed by atoms with Crippen molar-refractivity contribution in [1.29, 1.82) is 0 Å². The first kappa shape index (κ1) is 13.3. The summed E-state index contributed by atoms with van der Waals surface area (Å²) in [6, 6.07) is 0. The Labute approximate surface area is 125 Å². The van der Waals surface area contributed by atoms with Gasteiger partial charge in [0.25, 0.3) is 0 Å². The fourth-order valence-corrected chi connectivity index (χ4v) is 4.09. The lowest BCUT2D eigenvalue weighted by Crippen LogP contribution is -2.65. The quantitative estimate of drug-likeness (QED) is 0.855. The van der Waals surface area contributed by atoms with Crippen molar-refractivity contribution in [3.05, 3.63) is 11.8 Å². The molecule has 0 unspecified atom stereocenters. The van der Waals surface area contributed by atoms with Crippen LogP contribution in [0.15, 0.2) is 4.42 Å². The third-order valence-corrected chi connectivity index (χ3v) is 5.70. The van der Waals surface area contributed by atoms with Gasteiger partial charge in [-0.25, -0.2) is 0 Å². The summed E-state index contributed by atoms with van der Waals surface area (Å²) in [6.07, 6.45) is 10.8. The van der Waals surface area contributed by atoms with E-state index in [-0.39, 0.29) is 11.4 Å². The van der Waals surface area contributed by atoms with Crippen LogP contribution in [0.1, 0.15) is 75.5 Å². The van der Waals surface area contributed by atoms with Crippen LogP contribution in [0, 0.1) is 0 Å². The summed E-state index contributed by atoms with van der Waals surface area (Å²) in [5.41, 5.74) is 0.251. The third-order valence-electron chi connectivity index (χ3n) is 5.70. The van der Waals surface area contributed by atoms with Crippen LogP contribution < -0.4 is 0 Å². The van der Waals surface area contributed by atoms with Crippen molar-refractivity contribution in [3.8, 4) is 0 Å². The Morgan fingerprint density at radius 2 is 2.00 bits per heavy atom. The van der Waals surface area contributed by atoms with E-state index >= 15 is 0 Å². The molecule has 2 saturated carbocycles. The van der Waals surface area contributed by atoms with Crippen molar-refractivity contribution in [2.75, 3.05) is 6.54 Å². The van der Waals surface area contributed by atoms with Gasteiger partial charge in [0.2, 0.25) is 17.7 Å². The minimum atomic E-state index is 0.251. The van der Waals surface area contributed by atoms with Crippen LogP contribution in [0.4, 0.5) is 0 Å². The van der Waals surface area contributed by atoms with Crippen LogP contribution in [-0.4, -0.2) is 33.1 Å². The molecule has 3 fully saturated rings. The second-order valence-electron chi connectivity index (χ2n) is 6.89. The molecule has 1 aromatic rings. The first-order valence-electron chi connectivity index (χ1n) is 8.40. The second kappa shape index (κ2) is 5.11. The summed E-state index contributed by atoms with van der Waals surface area (Å²) >= 11 is 0. The molecular weight excluding hydrogens is 266 g/mol. The molecule has 3 aliphatic rings. The Morgan fingerprint density at radius 3 is 2.62 bits per heavy atom. The molecule has 5 heteroatoms. The monoisotopic (exact) mass is 289 g/mol. The first-order chi connectivity index (χ1) is 10.3. The zero-order chi connectivity index (χ0) is 14.3. The predicted octanol–water partition coefficient (Wildman–Crippen LogP) is 2.81. The molecule has 4 rings (SSSR count). The number of carbonyl (C=O) groups excluding carboxylic acids is 1. The molecule has 1 amide bonds. The van der Waals surface area contributed by atoms with Crippen molar-refractivity contribution >= 4 is 5.91 Å². The molecule has 2 heterocycles. The van der Waals surface area contributed by atoms with E-state index in [9.17, 15) is 4.79 Å². The van der Waals surface area contributed by atoms with Gasteiger partial charge >= 0.3 is 0 Å². The van der Waals surface area contributed by atoms with E-state index in [2.05, 4.69) is 15.1 Å². The Balaban J connectivity index is 1.31. The number of hydrogen-bond acceptors (Lipinski definition) is 4. The fourth-order valence-electron chi connectivity index (χ4n) is 4.09. The number of aryl methyl sites for hydroxylation is 1. The summed E-state index contributed by atoms with van der Waals surface area (Å²) in [4.78, 5) is 14.4. The number of amides is 1. The molecule has 0 N–H and O–H groups in total. The molecule has 114 valence electrons. The highest BCUT2D eigenvalue weighted by Crippen LogP contribution is 2.47. The maximum atomic E-state index is 12.3. The molecule has 0 radical (unpaired) electrons. The standard InChI is InChI=1S/C16H23N3O2/c20-14(19-11-10-16(19)8-3-9-16)7-6-13-17-18-15(21-13)12-4-1-2-5-12/h12H,1-11H2. The van der Waals surface area contributed by atoms with Crippen LogP contribution in [0.5, 0.6) is 0 Å². The van der Waals surface area contributed by atoms with E-state index in [1.54, 1.807) is 0 Å². The zero-order valence-electron chi connectivity index (χ0n) is 12.5. The van der Waals surface area contributed by atoms with E-state index in [4.69, 9.17) is 4.42 Å². The molecule has 0 atom stereocenters. The van der Waals surface area contributed by atoms with E-state index in [0.29, 0.717) is 24.7 Å². The van der Waals surface area contributed by atoms with Crippen molar-refractivity contribution < 1.29 is 9.21 Å². The Kier molecular flexibility index (Phi) is 3.23.